The van der Waals surface area contributed by atoms with Crippen molar-refractivity contribution in [2.45, 2.75) is 31.8 Å². The molecule has 7 nitrogen and oxygen atoms in total. The Morgan fingerprint density at radius 2 is 2.10 bits per heavy atom. The van der Waals surface area contributed by atoms with Crippen molar-refractivity contribution < 1.29 is 9.21 Å². The number of hydrogen-bond donors (Lipinski definition) is 2. The molecule has 1 aromatic carbocycles. The number of para-hydroxylation sites is 1. The van der Waals surface area contributed by atoms with Crippen LogP contribution in [-0.4, -0.2) is 20.7 Å². The molecule has 0 radical (unpaired) electrons. The van der Waals surface area contributed by atoms with E-state index < -0.39 is 0 Å². The number of benzene rings is 1. The SMILES string of the molecule is O=C(Cn1nc(-c2ccco2)ccc1=O)N[C@H]1CCCc2c1[nH]c1ccccc21. The van der Waals surface area contributed by atoms with E-state index in [-0.39, 0.29) is 24.1 Å². The van der Waals surface area contributed by atoms with Crippen molar-refractivity contribution >= 4 is 16.8 Å². The molecule has 1 atom stereocenters. The average molecular weight is 388 g/mol. The molecule has 3 heterocycles. The van der Waals surface area contributed by atoms with E-state index in [0.29, 0.717) is 11.5 Å². The van der Waals surface area contributed by atoms with Crippen LogP contribution in [0, 0.1) is 0 Å². The maximum Gasteiger partial charge on any atom is 0.267 e. The van der Waals surface area contributed by atoms with Crippen molar-refractivity contribution in [2.24, 2.45) is 0 Å². The number of furan rings is 1. The Labute approximate surface area is 166 Å². The van der Waals surface area contributed by atoms with Crippen molar-refractivity contribution in [3.05, 3.63) is 76.4 Å². The van der Waals surface area contributed by atoms with Gasteiger partial charge in [-0.2, -0.15) is 5.10 Å². The summed E-state index contributed by atoms with van der Waals surface area (Å²) >= 11 is 0. The normalized spacial score (nSPS) is 15.9. The molecular weight excluding hydrogens is 368 g/mol. The molecule has 0 fully saturated rings. The summed E-state index contributed by atoms with van der Waals surface area (Å²) < 4.78 is 6.49. The molecule has 1 aliphatic carbocycles. The Morgan fingerprint density at radius 1 is 1.21 bits per heavy atom. The maximum absolute atomic E-state index is 12.7. The Bertz CT molecular complexity index is 1240. The van der Waals surface area contributed by atoms with Crippen LogP contribution in [0.15, 0.2) is 64.0 Å². The second-order valence-corrected chi connectivity index (χ2v) is 7.27. The monoisotopic (exact) mass is 388 g/mol. The number of aryl methyl sites for hydroxylation is 1. The number of carbonyl (C=O) groups excluding carboxylic acids is 1. The van der Waals surface area contributed by atoms with Gasteiger partial charge in [0.25, 0.3) is 5.56 Å². The molecule has 29 heavy (non-hydrogen) atoms. The molecule has 0 bridgehead atoms. The Hall–Kier alpha value is -3.61. The molecule has 0 spiro atoms. The van der Waals surface area contributed by atoms with Gasteiger partial charge in [0, 0.05) is 22.7 Å². The first kappa shape index (κ1) is 17.5. The lowest BCUT2D eigenvalue weighted by Gasteiger charge is -2.24. The van der Waals surface area contributed by atoms with E-state index in [0.717, 1.165) is 30.5 Å². The summed E-state index contributed by atoms with van der Waals surface area (Å²) in [4.78, 5) is 28.3. The highest BCUT2D eigenvalue weighted by Crippen LogP contribution is 2.34. The Kier molecular flexibility index (Phi) is 4.27. The fourth-order valence-electron chi connectivity index (χ4n) is 4.05. The summed E-state index contributed by atoms with van der Waals surface area (Å²) in [5.74, 6) is 0.307. The number of amides is 1. The lowest BCUT2D eigenvalue weighted by molar-refractivity contribution is -0.122. The summed E-state index contributed by atoms with van der Waals surface area (Å²) in [6.07, 6.45) is 4.41. The third-order valence-electron chi connectivity index (χ3n) is 5.38. The molecule has 3 aromatic heterocycles. The van der Waals surface area contributed by atoms with E-state index in [9.17, 15) is 9.59 Å². The van der Waals surface area contributed by atoms with Crippen LogP contribution in [-0.2, 0) is 17.8 Å². The van der Waals surface area contributed by atoms with Gasteiger partial charge in [0.2, 0.25) is 5.91 Å². The van der Waals surface area contributed by atoms with E-state index in [1.807, 2.05) is 12.1 Å². The molecule has 2 N–H and O–H groups in total. The molecule has 1 aliphatic rings. The molecule has 0 unspecified atom stereocenters. The number of H-pyrrole nitrogens is 1. The van der Waals surface area contributed by atoms with Gasteiger partial charge in [-0.05, 0) is 49.1 Å². The van der Waals surface area contributed by atoms with Crippen molar-refractivity contribution in [1.29, 1.82) is 0 Å². The van der Waals surface area contributed by atoms with Crippen LogP contribution in [0.1, 0.15) is 30.1 Å². The molecule has 4 aromatic rings. The van der Waals surface area contributed by atoms with Crippen LogP contribution in [0.25, 0.3) is 22.4 Å². The number of hydrogen-bond acceptors (Lipinski definition) is 4. The van der Waals surface area contributed by atoms with Crippen LogP contribution in [0.5, 0.6) is 0 Å². The van der Waals surface area contributed by atoms with Gasteiger partial charge < -0.3 is 14.7 Å². The van der Waals surface area contributed by atoms with Gasteiger partial charge in [-0.25, -0.2) is 4.68 Å². The molecule has 5 rings (SSSR count). The number of aromatic amines is 1. The van der Waals surface area contributed by atoms with Crippen molar-refractivity contribution in [1.82, 2.24) is 20.1 Å². The summed E-state index contributed by atoms with van der Waals surface area (Å²) in [5, 5.41) is 8.55. The van der Waals surface area contributed by atoms with Gasteiger partial charge in [0.1, 0.15) is 12.2 Å². The fourth-order valence-corrected chi connectivity index (χ4v) is 4.05. The van der Waals surface area contributed by atoms with Crippen LogP contribution in [0.4, 0.5) is 0 Å². The predicted octanol–water partition coefficient (Wildman–Crippen LogP) is 3.18. The molecule has 146 valence electrons. The summed E-state index contributed by atoms with van der Waals surface area (Å²) in [5.41, 5.74) is 3.61. The standard InChI is InChI=1S/C22H20N4O3/c27-20(13-26-21(28)11-10-17(25-26)19-9-4-12-29-19)23-18-8-3-6-15-14-5-1-2-7-16(14)24-22(15)18/h1-2,4-5,7,9-12,18,24H,3,6,8,13H2,(H,23,27)/t18-/m0/s1. The van der Waals surface area contributed by atoms with E-state index in [1.54, 1.807) is 24.5 Å². The molecule has 7 heteroatoms. The molecule has 1 amide bonds. The highest BCUT2D eigenvalue weighted by molar-refractivity contribution is 5.85. The second kappa shape index (κ2) is 7.09. The number of rotatable bonds is 4. The van der Waals surface area contributed by atoms with E-state index in [4.69, 9.17) is 4.42 Å². The van der Waals surface area contributed by atoms with Crippen molar-refractivity contribution in [3.63, 3.8) is 0 Å². The fraction of sp³-hybridized carbons (Fsp3) is 0.227. The molecular formula is C22H20N4O3. The zero-order valence-electron chi connectivity index (χ0n) is 15.7. The van der Waals surface area contributed by atoms with Crippen LogP contribution in [0.2, 0.25) is 0 Å². The zero-order chi connectivity index (χ0) is 19.8. The zero-order valence-corrected chi connectivity index (χ0v) is 15.7. The van der Waals surface area contributed by atoms with Crippen LogP contribution < -0.4 is 10.9 Å². The first-order valence-electron chi connectivity index (χ1n) is 9.70. The number of aromatic nitrogens is 3. The van der Waals surface area contributed by atoms with Gasteiger partial charge in [-0.3, -0.25) is 9.59 Å². The van der Waals surface area contributed by atoms with Crippen molar-refractivity contribution in [3.8, 4) is 11.5 Å². The number of nitrogens with one attached hydrogen (secondary N) is 2. The van der Waals surface area contributed by atoms with Gasteiger partial charge in [-0.1, -0.05) is 18.2 Å². The van der Waals surface area contributed by atoms with Gasteiger partial charge in [0.05, 0.1) is 12.3 Å². The molecule has 0 saturated carbocycles. The van der Waals surface area contributed by atoms with Gasteiger partial charge in [-0.15, -0.1) is 0 Å². The van der Waals surface area contributed by atoms with Gasteiger partial charge >= 0.3 is 0 Å². The van der Waals surface area contributed by atoms with Crippen LogP contribution >= 0.6 is 0 Å². The molecule has 0 aliphatic heterocycles. The van der Waals surface area contributed by atoms with E-state index in [2.05, 4.69) is 27.5 Å². The third kappa shape index (κ3) is 3.24. The topological polar surface area (TPSA) is 92.9 Å². The Balaban J connectivity index is 1.37. The highest BCUT2D eigenvalue weighted by atomic mass is 16.3. The summed E-state index contributed by atoms with van der Waals surface area (Å²) in [7, 11) is 0. The summed E-state index contributed by atoms with van der Waals surface area (Å²) in [6.45, 7) is -0.139. The quantitative estimate of drug-likeness (QED) is 0.562. The highest BCUT2D eigenvalue weighted by Gasteiger charge is 2.25. The lowest BCUT2D eigenvalue weighted by atomic mass is 9.91. The Morgan fingerprint density at radius 3 is 2.97 bits per heavy atom. The maximum atomic E-state index is 12.7. The average Bonchev–Trinajstić information content (AvgIpc) is 3.38. The van der Waals surface area contributed by atoms with E-state index in [1.165, 1.54) is 21.7 Å². The first-order chi connectivity index (χ1) is 14.2. The predicted molar refractivity (Wildman–Crippen MR) is 108 cm³/mol. The largest absolute Gasteiger partial charge is 0.463 e. The number of fused-ring (bicyclic) bond motifs is 3. The first-order valence-corrected chi connectivity index (χ1v) is 9.70. The third-order valence-corrected chi connectivity index (χ3v) is 5.38. The van der Waals surface area contributed by atoms with E-state index >= 15 is 0 Å². The summed E-state index contributed by atoms with van der Waals surface area (Å²) in [6, 6.07) is 14.6. The minimum Gasteiger partial charge on any atom is -0.463 e. The van der Waals surface area contributed by atoms with Gasteiger partial charge in [0.15, 0.2) is 5.76 Å². The van der Waals surface area contributed by atoms with Crippen LogP contribution in [0.3, 0.4) is 0 Å². The minimum atomic E-state index is -0.328. The molecule has 0 saturated heterocycles. The van der Waals surface area contributed by atoms with Crippen molar-refractivity contribution in [2.75, 3.05) is 0 Å². The lowest BCUT2D eigenvalue weighted by Crippen LogP contribution is -2.36. The number of carbonyl (C=O) groups is 1. The number of nitrogens with zero attached hydrogens (tertiary/aromatic N) is 2. The second-order valence-electron chi connectivity index (χ2n) is 7.27. The minimum absolute atomic E-state index is 0.0948. The smallest absolute Gasteiger partial charge is 0.267 e.